The Labute approximate surface area is 144 Å². The van der Waals surface area contributed by atoms with Crippen molar-refractivity contribution in [2.24, 2.45) is 0 Å². The summed E-state index contributed by atoms with van der Waals surface area (Å²) in [4.78, 5) is 12.4. The molecule has 3 nitrogen and oxygen atoms in total. The summed E-state index contributed by atoms with van der Waals surface area (Å²) in [6.45, 7) is 4.11. The first-order valence-corrected chi connectivity index (χ1v) is 8.38. The Hall–Kier alpha value is -2.08. The fraction of sp³-hybridized carbons (Fsp3) is 0.278. The van der Waals surface area contributed by atoms with Crippen LogP contribution in [0.1, 0.15) is 17.5 Å². The molecule has 0 spiro atoms. The number of halogens is 2. The van der Waals surface area contributed by atoms with Crippen molar-refractivity contribution in [1.82, 2.24) is 0 Å². The molecule has 24 heavy (non-hydrogen) atoms. The smallest absolute Gasteiger partial charge is 0.288 e. The molecule has 1 N–H and O–H groups in total. The fourth-order valence-corrected chi connectivity index (χ4v) is 2.85. The number of thioether (sulfide) groups is 1. The average Bonchev–Trinajstić information content (AvgIpc) is 2.52. The van der Waals surface area contributed by atoms with Gasteiger partial charge in [0.25, 0.3) is 5.76 Å². The Kier molecular flexibility index (Phi) is 6.61. The number of para-hydroxylation sites is 2. The van der Waals surface area contributed by atoms with Gasteiger partial charge in [0.1, 0.15) is 5.75 Å². The standard InChI is InChI=1S/C18H19F2NO2S/c1-12-6-5-7-13(2)17(12)23-11-10-16(22)21-14-8-3-4-9-15(14)24-18(19)20/h3-9,18H,10-11H2,1-2H3,(H,21,22). The van der Waals surface area contributed by atoms with Crippen LogP contribution in [0, 0.1) is 13.8 Å². The van der Waals surface area contributed by atoms with E-state index in [2.05, 4.69) is 5.32 Å². The molecule has 2 rings (SSSR count). The van der Waals surface area contributed by atoms with E-state index in [9.17, 15) is 13.6 Å². The van der Waals surface area contributed by atoms with Crippen LogP contribution in [-0.2, 0) is 4.79 Å². The van der Waals surface area contributed by atoms with Crippen molar-refractivity contribution in [2.75, 3.05) is 11.9 Å². The molecular formula is C18H19F2NO2S. The summed E-state index contributed by atoms with van der Waals surface area (Å²) in [6.07, 6.45) is 0.140. The first-order chi connectivity index (χ1) is 11.5. The highest BCUT2D eigenvalue weighted by Crippen LogP contribution is 2.31. The summed E-state index contributed by atoms with van der Waals surface area (Å²) in [5.41, 5.74) is 2.41. The Morgan fingerprint density at radius 2 is 1.79 bits per heavy atom. The maximum absolute atomic E-state index is 12.5. The van der Waals surface area contributed by atoms with Crippen molar-refractivity contribution in [3.63, 3.8) is 0 Å². The summed E-state index contributed by atoms with van der Waals surface area (Å²) in [6, 6.07) is 12.3. The van der Waals surface area contributed by atoms with Crippen LogP contribution in [0.25, 0.3) is 0 Å². The minimum atomic E-state index is -2.53. The zero-order valence-corrected chi connectivity index (χ0v) is 14.3. The molecule has 0 fully saturated rings. The molecule has 0 atom stereocenters. The minimum absolute atomic E-state index is 0.140. The van der Waals surface area contributed by atoms with Crippen LogP contribution in [-0.4, -0.2) is 18.3 Å². The molecule has 0 aliphatic heterocycles. The lowest BCUT2D eigenvalue weighted by Crippen LogP contribution is -2.16. The molecular weight excluding hydrogens is 332 g/mol. The van der Waals surface area contributed by atoms with E-state index in [0.29, 0.717) is 22.3 Å². The molecule has 0 radical (unpaired) electrons. The van der Waals surface area contributed by atoms with E-state index in [-0.39, 0.29) is 18.9 Å². The molecule has 128 valence electrons. The zero-order chi connectivity index (χ0) is 17.5. The molecule has 0 saturated carbocycles. The van der Waals surface area contributed by atoms with Gasteiger partial charge in [-0.2, -0.15) is 8.78 Å². The topological polar surface area (TPSA) is 38.3 Å². The highest BCUT2D eigenvalue weighted by molar-refractivity contribution is 7.99. The number of alkyl halides is 2. The van der Waals surface area contributed by atoms with E-state index in [4.69, 9.17) is 4.74 Å². The quantitative estimate of drug-likeness (QED) is 0.711. The first kappa shape index (κ1) is 18.3. The van der Waals surface area contributed by atoms with Gasteiger partial charge in [-0.05, 0) is 37.1 Å². The number of anilines is 1. The number of amides is 1. The number of aryl methyl sites for hydroxylation is 2. The third kappa shape index (κ3) is 5.23. The van der Waals surface area contributed by atoms with Crippen molar-refractivity contribution in [3.8, 4) is 5.75 Å². The Balaban J connectivity index is 1.90. The molecule has 0 unspecified atom stereocenters. The van der Waals surface area contributed by atoms with Crippen molar-refractivity contribution >= 4 is 23.4 Å². The van der Waals surface area contributed by atoms with Crippen molar-refractivity contribution in [3.05, 3.63) is 53.6 Å². The summed E-state index contributed by atoms with van der Waals surface area (Å²) >= 11 is 0.412. The van der Waals surface area contributed by atoms with E-state index in [1.165, 1.54) is 0 Å². The number of benzene rings is 2. The fourth-order valence-electron chi connectivity index (χ4n) is 2.25. The van der Waals surface area contributed by atoms with Crippen LogP contribution in [0.4, 0.5) is 14.5 Å². The molecule has 6 heteroatoms. The van der Waals surface area contributed by atoms with Gasteiger partial charge < -0.3 is 10.1 Å². The second kappa shape index (κ2) is 8.68. The van der Waals surface area contributed by atoms with E-state index >= 15 is 0 Å². The number of nitrogens with one attached hydrogen (secondary N) is 1. The summed E-state index contributed by atoms with van der Waals surface area (Å²) in [7, 11) is 0. The largest absolute Gasteiger partial charge is 0.493 e. The van der Waals surface area contributed by atoms with Crippen LogP contribution < -0.4 is 10.1 Å². The van der Waals surface area contributed by atoms with Crippen molar-refractivity contribution in [2.45, 2.75) is 30.9 Å². The van der Waals surface area contributed by atoms with Gasteiger partial charge in [0.2, 0.25) is 5.91 Å². The molecule has 0 saturated heterocycles. The monoisotopic (exact) mass is 351 g/mol. The summed E-state index contributed by atoms with van der Waals surface area (Å²) in [5.74, 6) is -2.03. The van der Waals surface area contributed by atoms with Gasteiger partial charge in [0.15, 0.2) is 0 Å². The third-order valence-corrected chi connectivity index (χ3v) is 4.15. The normalized spacial score (nSPS) is 10.7. The molecule has 2 aromatic rings. The first-order valence-electron chi connectivity index (χ1n) is 7.50. The summed E-state index contributed by atoms with van der Waals surface area (Å²) < 4.78 is 30.8. The SMILES string of the molecule is Cc1cccc(C)c1OCCC(=O)Nc1ccccc1SC(F)F. The number of hydrogen-bond donors (Lipinski definition) is 1. The lowest BCUT2D eigenvalue weighted by atomic mass is 10.1. The maximum Gasteiger partial charge on any atom is 0.288 e. The van der Waals surface area contributed by atoms with E-state index in [0.717, 1.165) is 16.9 Å². The second-order valence-corrected chi connectivity index (χ2v) is 6.27. The minimum Gasteiger partial charge on any atom is -0.493 e. The van der Waals surface area contributed by atoms with Crippen LogP contribution in [0.3, 0.4) is 0 Å². The molecule has 0 aromatic heterocycles. The predicted octanol–water partition coefficient (Wildman–Crippen LogP) is 5.03. The van der Waals surface area contributed by atoms with Crippen LogP contribution in [0.2, 0.25) is 0 Å². The van der Waals surface area contributed by atoms with Crippen molar-refractivity contribution < 1.29 is 18.3 Å². The zero-order valence-electron chi connectivity index (χ0n) is 13.5. The molecule has 0 aliphatic carbocycles. The van der Waals surface area contributed by atoms with Gasteiger partial charge in [-0.15, -0.1) is 0 Å². The molecule has 2 aromatic carbocycles. The van der Waals surface area contributed by atoms with Gasteiger partial charge in [-0.3, -0.25) is 4.79 Å². The van der Waals surface area contributed by atoms with Gasteiger partial charge in [-0.25, -0.2) is 0 Å². The number of hydrogen-bond acceptors (Lipinski definition) is 3. The number of rotatable bonds is 7. The van der Waals surface area contributed by atoms with Gasteiger partial charge in [0.05, 0.1) is 18.7 Å². The third-order valence-electron chi connectivity index (χ3n) is 3.36. The molecule has 0 bridgehead atoms. The van der Waals surface area contributed by atoms with Crippen LogP contribution >= 0.6 is 11.8 Å². The summed E-state index contributed by atoms with van der Waals surface area (Å²) in [5, 5.41) is 2.66. The van der Waals surface area contributed by atoms with Crippen molar-refractivity contribution in [1.29, 1.82) is 0 Å². The Bertz CT molecular complexity index is 687. The highest BCUT2D eigenvalue weighted by atomic mass is 32.2. The molecule has 0 heterocycles. The Morgan fingerprint density at radius 3 is 2.46 bits per heavy atom. The lowest BCUT2D eigenvalue weighted by molar-refractivity contribution is -0.116. The van der Waals surface area contributed by atoms with Gasteiger partial charge >= 0.3 is 0 Å². The van der Waals surface area contributed by atoms with E-state index < -0.39 is 5.76 Å². The maximum atomic E-state index is 12.5. The predicted molar refractivity (Wildman–Crippen MR) is 93.0 cm³/mol. The lowest BCUT2D eigenvalue weighted by Gasteiger charge is -2.13. The number of carbonyl (C=O) groups excluding carboxylic acids is 1. The van der Waals surface area contributed by atoms with E-state index in [1.54, 1.807) is 24.3 Å². The van der Waals surface area contributed by atoms with E-state index in [1.807, 2.05) is 32.0 Å². The Morgan fingerprint density at radius 1 is 1.12 bits per heavy atom. The van der Waals surface area contributed by atoms with Gasteiger partial charge in [0, 0.05) is 4.90 Å². The second-order valence-electron chi connectivity index (χ2n) is 5.24. The van der Waals surface area contributed by atoms with Gasteiger partial charge in [-0.1, -0.05) is 42.1 Å². The number of carbonyl (C=O) groups is 1. The molecule has 1 amide bonds. The number of ether oxygens (including phenoxy) is 1. The van der Waals surface area contributed by atoms with Crippen LogP contribution in [0.15, 0.2) is 47.4 Å². The highest BCUT2D eigenvalue weighted by Gasteiger charge is 2.12. The van der Waals surface area contributed by atoms with Crippen LogP contribution in [0.5, 0.6) is 5.75 Å². The average molecular weight is 351 g/mol. The molecule has 0 aliphatic rings.